The number of pyridine rings is 1. The average Bonchev–Trinajstić information content (AvgIpc) is 2.80. The van der Waals surface area contributed by atoms with Crippen LogP contribution in [0.1, 0.15) is 72.5 Å². The van der Waals surface area contributed by atoms with Gasteiger partial charge >= 0.3 is 17.1 Å². The molecule has 3 rings (SSSR count). The summed E-state index contributed by atoms with van der Waals surface area (Å²) in [6, 6.07) is 12.5. The van der Waals surface area contributed by atoms with E-state index in [9.17, 15) is 0 Å². The van der Waals surface area contributed by atoms with Gasteiger partial charge in [0.15, 0.2) is 0 Å². The van der Waals surface area contributed by atoms with Gasteiger partial charge in [-0.25, -0.2) is 4.98 Å². The Bertz CT molecular complexity index is 1070. The van der Waals surface area contributed by atoms with Crippen LogP contribution in [0.2, 0.25) is 5.02 Å². The molecule has 0 bridgehead atoms. The van der Waals surface area contributed by atoms with E-state index in [0.717, 1.165) is 48.4 Å². The Labute approximate surface area is 256 Å². The standard InChI is InChI=1S/C29H34ClN3.3ClH.Fe/c1-7-21-11-19(5)12-22(8-2)28(21)31-17-26-15-25(30)16-27(33-26)18-32-29-23(9-3)13-20(6)14-24(29)10-4;;;;/h11-18H,7-10H2,1-6H3;3*1H;/q;;;;+3/p-3. The van der Waals surface area contributed by atoms with Crippen LogP contribution in [0, 0.1) is 13.8 Å². The summed E-state index contributed by atoms with van der Waals surface area (Å²) >= 11 is 6.43. The molecule has 0 spiro atoms. The van der Waals surface area contributed by atoms with E-state index in [1.807, 2.05) is 24.6 Å². The van der Waals surface area contributed by atoms with Crippen LogP contribution in [-0.2, 0) is 42.8 Å². The van der Waals surface area contributed by atoms with Crippen molar-refractivity contribution >= 4 is 35.4 Å². The minimum atomic E-state index is 0. The minimum Gasteiger partial charge on any atom is -1.00 e. The fourth-order valence-corrected chi connectivity index (χ4v) is 4.43. The fourth-order valence-electron chi connectivity index (χ4n) is 4.21. The van der Waals surface area contributed by atoms with Gasteiger partial charge in [0.05, 0.1) is 35.2 Å². The molecule has 1 heterocycles. The molecule has 3 aromatic rings. The third-order valence-electron chi connectivity index (χ3n) is 5.83. The Morgan fingerprint density at radius 1 is 0.622 bits per heavy atom. The van der Waals surface area contributed by atoms with Gasteiger partial charge in [0.2, 0.25) is 0 Å². The number of hydrogen-bond acceptors (Lipinski definition) is 3. The number of aliphatic imine (C=N–C) groups is 2. The van der Waals surface area contributed by atoms with E-state index in [1.165, 1.54) is 33.4 Å². The number of hydrogen-bond donors (Lipinski definition) is 0. The molecule has 201 valence electrons. The molecule has 0 unspecified atom stereocenters. The predicted octanol–water partition coefficient (Wildman–Crippen LogP) is -0.888. The first-order chi connectivity index (χ1) is 15.9. The molecule has 0 fully saturated rings. The topological polar surface area (TPSA) is 37.6 Å². The summed E-state index contributed by atoms with van der Waals surface area (Å²) in [5.74, 6) is 0. The molecular formula is C29H34Cl4FeN3. The van der Waals surface area contributed by atoms with E-state index >= 15 is 0 Å². The van der Waals surface area contributed by atoms with E-state index in [-0.39, 0.29) is 54.3 Å². The molecule has 2 aromatic carbocycles. The first-order valence-electron chi connectivity index (χ1n) is 11.9. The predicted molar refractivity (Wildman–Crippen MR) is 144 cm³/mol. The largest absolute Gasteiger partial charge is 3.00 e. The summed E-state index contributed by atoms with van der Waals surface area (Å²) < 4.78 is 0. The number of nitrogens with zero attached hydrogens (tertiary/aromatic N) is 3. The van der Waals surface area contributed by atoms with Crippen molar-refractivity contribution in [3.05, 3.63) is 86.2 Å². The number of aromatic nitrogens is 1. The Morgan fingerprint density at radius 2 is 0.919 bits per heavy atom. The SMILES string of the molecule is CCc1cc(C)cc(CC)c1N=Cc1cc(Cl)cc(C=Nc2c(CC)cc(C)cc2CC)n1.[Cl-].[Cl-].[Cl-].[Fe+3]. The van der Waals surface area contributed by atoms with Crippen LogP contribution in [-0.4, -0.2) is 17.4 Å². The molecule has 0 amide bonds. The Balaban J connectivity index is 0. The molecule has 8 heteroatoms. The molecule has 1 radical (unpaired) electrons. The van der Waals surface area contributed by atoms with Crippen LogP contribution >= 0.6 is 11.6 Å². The molecular weight excluding hydrogens is 588 g/mol. The molecule has 0 saturated heterocycles. The molecule has 0 atom stereocenters. The maximum atomic E-state index is 6.43. The number of rotatable bonds is 8. The van der Waals surface area contributed by atoms with Gasteiger partial charge in [-0.3, -0.25) is 9.98 Å². The Kier molecular flexibility index (Phi) is 18.4. The number of benzene rings is 2. The van der Waals surface area contributed by atoms with Crippen LogP contribution in [0.3, 0.4) is 0 Å². The van der Waals surface area contributed by atoms with E-state index in [0.29, 0.717) is 5.02 Å². The molecule has 0 aliphatic heterocycles. The maximum absolute atomic E-state index is 6.43. The van der Waals surface area contributed by atoms with Crippen molar-refractivity contribution in [3.63, 3.8) is 0 Å². The summed E-state index contributed by atoms with van der Waals surface area (Å²) in [5, 5.41) is 0.624. The first kappa shape index (κ1) is 37.8. The average molecular weight is 622 g/mol. The van der Waals surface area contributed by atoms with Crippen molar-refractivity contribution in [2.24, 2.45) is 9.98 Å². The monoisotopic (exact) mass is 620 g/mol. The van der Waals surface area contributed by atoms with Crippen molar-refractivity contribution in [2.45, 2.75) is 67.2 Å². The first-order valence-corrected chi connectivity index (χ1v) is 12.3. The second kappa shape index (κ2) is 18.0. The Hall–Kier alpha value is -1.39. The van der Waals surface area contributed by atoms with E-state index in [2.05, 4.69) is 65.8 Å². The molecule has 0 saturated carbocycles. The zero-order valence-corrected chi connectivity index (χ0v) is 26.3. The summed E-state index contributed by atoms with van der Waals surface area (Å²) in [4.78, 5) is 14.4. The summed E-state index contributed by atoms with van der Waals surface area (Å²) in [6.45, 7) is 12.9. The molecule has 0 aliphatic carbocycles. The van der Waals surface area contributed by atoms with Crippen LogP contribution in [0.15, 0.2) is 46.4 Å². The van der Waals surface area contributed by atoms with Gasteiger partial charge in [0.1, 0.15) is 0 Å². The summed E-state index contributed by atoms with van der Waals surface area (Å²) in [6.07, 6.45) is 7.40. The Morgan fingerprint density at radius 3 is 1.19 bits per heavy atom. The molecule has 1 aromatic heterocycles. The summed E-state index contributed by atoms with van der Waals surface area (Å²) in [7, 11) is 0. The van der Waals surface area contributed by atoms with Crippen molar-refractivity contribution < 1.29 is 54.3 Å². The van der Waals surface area contributed by atoms with Gasteiger partial charge < -0.3 is 37.2 Å². The fraction of sp³-hybridized carbons (Fsp3) is 0.345. The van der Waals surface area contributed by atoms with Crippen LogP contribution in [0.4, 0.5) is 11.4 Å². The van der Waals surface area contributed by atoms with Crippen LogP contribution in [0.25, 0.3) is 0 Å². The normalized spacial score (nSPS) is 10.5. The molecule has 3 nitrogen and oxygen atoms in total. The van der Waals surface area contributed by atoms with Gasteiger partial charge in [0.25, 0.3) is 0 Å². The molecule has 0 N–H and O–H groups in total. The van der Waals surface area contributed by atoms with Crippen LogP contribution in [0.5, 0.6) is 0 Å². The second-order valence-corrected chi connectivity index (χ2v) is 8.87. The third kappa shape index (κ3) is 10.0. The summed E-state index contributed by atoms with van der Waals surface area (Å²) in [5.41, 5.74) is 11.1. The van der Waals surface area contributed by atoms with Gasteiger partial charge in [-0.15, -0.1) is 0 Å². The van der Waals surface area contributed by atoms with E-state index in [1.54, 1.807) is 0 Å². The van der Waals surface area contributed by atoms with Gasteiger partial charge in [-0.1, -0.05) is 74.7 Å². The molecule has 0 aliphatic rings. The van der Waals surface area contributed by atoms with E-state index < -0.39 is 0 Å². The van der Waals surface area contributed by atoms with Crippen molar-refractivity contribution in [1.82, 2.24) is 4.98 Å². The zero-order valence-electron chi connectivity index (χ0n) is 22.2. The molecule has 37 heavy (non-hydrogen) atoms. The van der Waals surface area contributed by atoms with Gasteiger partial charge in [-0.05, 0) is 73.9 Å². The number of halogens is 4. The van der Waals surface area contributed by atoms with Crippen LogP contribution < -0.4 is 37.2 Å². The smallest absolute Gasteiger partial charge is 1.00 e. The van der Waals surface area contributed by atoms with Crippen molar-refractivity contribution in [1.29, 1.82) is 0 Å². The van der Waals surface area contributed by atoms with Gasteiger partial charge in [-0.2, -0.15) is 0 Å². The van der Waals surface area contributed by atoms with Gasteiger partial charge in [0, 0.05) is 5.02 Å². The maximum Gasteiger partial charge on any atom is 3.00 e. The number of aryl methyl sites for hydroxylation is 6. The van der Waals surface area contributed by atoms with E-state index in [4.69, 9.17) is 26.6 Å². The minimum absolute atomic E-state index is 0. The quantitative estimate of drug-likeness (QED) is 0.238. The zero-order chi connectivity index (χ0) is 24.0. The van der Waals surface area contributed by atoms with Crippen molar-refractivity contribution in [2.75, 3.05) is 0 Å². The third-order valence-corrected chi connectivity index (χ3v) is 6.05. The second-order valence-electron chi connectivity index (χ2n) is 8.43. The van der Waals surface area contributed by atoms with Crippen molar-refractivity contribution in [3.8, 4) is 0 Å².